The van der Waals surface area contributed by atoms with Gasteiger partial charge in [0.2, 0.25) is 5.95 Å². The molecule has 0 bridgehead atoms. The van der Waals surface area contributed by atoms with Gasteiger partial charge in [0.1, 0.15) is 18.0 Å². The van der Waals surface area contributed by atoms with Gasteiger partial charge in [-0.2, -0.15) is 4.98 Å². The first kappa shape index (κ1) is 22.1. The summed E-state index contributed by atoms with van der Waals surface area (Å²) in [5.74, 6) is 1.10. The van der Waals surface area contributed by atoms with Crippen LogP contribution in [0.25, 0.3) is 22.2 Å². The number of fused-ring (bicyclic) bond motifs is 1. The molecule has 2 heterocycles. The van der Waals surface area contributed by atoms with Gasteiger partial charge < -0.3 is 15.8 Å². The molecule has 32 heavy (non-hydrogen) atoms. The summed E-state index contributed by atoms with van der Waals surface area (Å²) in [6, 6.07) is 14.3. The number of pyridine rings is 1. The minimum atomic E-state index is -0.221. The first-order chi connectivity index (χ1) is 15.5. The van der Waals surface area contributed by atoms with Crippen molar-refractivity contribution in [3.63, 3.8) is 0 Å². The zero-order valence-electron chi connectivity index (χ0n) is 17.3. The lowest BCUT2D eigenvalue weighted by Gasteiger charge is -2.13. The Kier molecular flexibility index (Phi) is 6.60. The Labute approximate surface area is 194 Å². The van der Waals surface area contributed by atoms with E-state index in [1.807, 2.05) is 31.2 Å². The number of aryl methyl sites for hydroxylation is 1. The molecule has 0 saturated carbocycles. The fraction of sp³-hybridized carbons (Fsp3) is 0.174. The van der Waals surface area contributed by atoms with E-state index in [-0.39, 0.29) is 5.56 Å². The van der Waals surface area contributed by atoms with Gasteiger partial charge in [0, 0.05) is 35.9 Å². The van der Waals surface area contributed by atoms with Gasteiger partial charge in [-0.3, -0.25) is 9.36 Å². The van der Waals surface area contributed by atoms with Crippen molar-refractivity contribution in [1.29, 1.82) is 0 Å². The Morgan fingerprint density at radius 2 is 1.84 bits per heavy atom. The summed E-state index contributed by atoms with van der Waals surface area (Å²) in [5.41, 5.74) is 7.45. The second kappa shape index (κ2) is 9.56. The highest BCUT2D eigenvalue weighted by atomic mass is 35.5. The van der Waals surface area contributed by atoms with Crippen molar-refractivity contribution in [3.8, 4) is 16.9 Å². The molecule has 164 valence electrons. The van der Waals surface area contributed by atoms with E-state index in [2.05, 4.69) is 15.3 Å². The molecule has 0 saturated heterocycles. The van der Waals surface area contributed by atoms with Gasteiger partial charge >= 0.3 is 0 Å². The molecule has 4 rings (SSSR count). The van der Waals surface area contributed by atoms with Crippen LogP contribution in [0.2, 0.25) is 10.0 Å². The van der Waals surface area contributed by atoms with Gasteiger partial charge in [-0.05, 0) is 49.4 Å². The third-order valence-electron chi connectivity index (χ3n) is 4.87. The zero-order valence-corrected chi connectivity index (χ0v) is 18.8. The van der Waals surface area contributed by atoms with Crippen LogP contribution in [-0.2, 0) is 6.54 Å². The Morgan fingerprint density at radius 1 is 1.12 bits per heavy atom. The van der Waals surface area contributed by atoms with E-state index in [1.165, 1.54) is 0 Å². The predicted molar refractivity (Wildman–Crippen MR) is 129 cm³/mol. The molecule has 0 fully saturated rings. The number of ether oxygens (including phenoxy) is 1. The average molecular weight is 470 g/mol. The molecular weight excluding hydrogens is 449 g/mol. The average Bonchev–Trinajstić information content (AvgIpc) is 2.79. The monoisotopic (exact) mass is 469 g/mol. The quantitative estimate of drug-likeness (QED) is 0.400. The van der Waals surface area contributed by atoms with Crippen LogP contribution in [-0.4, -0.2) is 27.7 Å². The minimum Gasteiger partial charge on any atom is -0.492 e. The van der Waals surface area contributed by atoms with Crippen LogP contribution in [0.15, 0.2) is 59.5 Å². The summed E-state index contributed by atoms with van der Waals surface area (Å²) >= 11 is 12.7. The van der Waals surface area contributed by atoms with Crippen molar-refractivity contribution in [2.75, 3.05) is 18.5 Å². The molecule has 0 spiro atoms. The summed E-state index contributed by atoms with van der Waals surface area (Å²) in [7, 11) is 0. The number of nitrogens with zero attached hydrogens (tertiary/aromatic N) is 3. The summed E-state index contributed by atoms with van der Waals surface area (Å²) in [6.07, 6.45) is 1.67. The lowest BCUT2D eigenvalue weighted by molar-refractivity contribution is 0.328. The second-order valence-corrected chi connectivity index (χ2v) is 7.78. The fourth-order valence-electron chi connectivity index (χ4n) is 3.39. The van der Waals surface area contributed by atoms with Crippen molar-refractivity contribution < 1.29 is 4.74 Å². The molecular formula is C23H21Cl2N5O2. The molecule has 2 aromatic carbocycles. The van der Waals surface area contributed by atoms with Gasteiger partial charge in [-0.15, -0.1) is 0 Å². The van der Waals surface area contributed by atoms with Crippen LogP contribution in [0.5, 0.6) is 5.75 Å². The van der Waals surface area contributed by atoms with E-state index in [0.29, 0.717) is 57.9 Å². The minimum absolute atomic E-state index is 0.221. The highest BCUT2D eigenvalue weighted by Gasteiger charge is 2.17. The maximum absolute atomic E-state index is 13.3. The number of benzene rings is 2. The molecule has 3 N–H and O–H groups in total. The van der Waals surface area contributed by atoms with Gasteiger partial charge in [0.05, 0.1) is 15.6 Å². The van der Waals surface area contributed by atoms with Crippen molar-refractivity contribution >= 4 is 45.9 Å². The van der Waals surface area contributed by atoms with Gasteiger partial charge in [-0.25, -0.2) is 4.98 Å². The van der Waals surface area contributed by atoms with Crippen molar-refractivity contribution in [2.45, 2.75) is 13.5 Å². The Morgan fingerprint density at radius 3 is 2.50 bits per heavy atom. The second-order valence-electron chi connectivity index (χ2n) is 6.96. The largest absolute Gasteiger partial charge is 0.492 e. The van der Waals surface area contributed by atoms with Gasteiger partial charge in [0.25, 0.3) is 5.56 Å². The first-order valence-corrected chi connectivity index (χ1v) is 10.8. The molecule has 0 aliphatic carbocycles. The normalized spacial score (nSPS) is 11.0. The van der Waals surface area contributed by atoms with Crippen molar-refractivity contribution in [2.24, 2.45) is 5.73 Å². The molecule has 0 aliphatic rings. The Hall–Kier alpha value is -3.13. The molecule has 9 heteroatoms. The Bertz CT molecular complexity index is 1300. The van der Waals surface area contributed by atoms with Crippen LogP contribution in [0.4, 0.5) is 11.6 Å². The molecule has 7 nitrogen and oxygen atoms in total. The van der Waals surface area contributed by atoms with E-state index in [4.69, 9.17) is 33.7 Å². The van der Waals surface area contributed by atoms with Gasteiger partial charge in [0.15, 0.2) is 0 Å². The van der Waals surface area contributed by atoms with E-state index in [9.17, 15) is 4.79 Å². The van der Waals surface area contributed by atoms with E-state index in [0.717, 1.165) is 11.4 Å². The van der Waals surface area contributed by atoms with E-state index in [1.54, 1.807) is 35.0 Å². The molecule has 2 aromatic heterocycles. The number of hydrogen-bond acceptors (Lipinski definition) is 6. The van der Waals surface area contributed by atoms with Crippen LogP contribution < -0.4 is 21.3 Å². The third kappa shape index (κ3) is 4.41. The molecule has 0 atom stereocenters. The predicted octanol–water partition coefficient (Wildman–Crippen LogP) is 4.87. The van der Waals surface area contributed by atoms with Gasteiger partial charge in [-0.1, -0.05) is 29.3 Å². The maximum Gasteiger partial charge on any atom is 0.260 e. The zero-order chi connectivity index (χ0) is 22.7. The summed E-state index contributed by atoms with van der Waals surface area (Å²) in [4.78, 5) is 22.2. The van der Waals surface area contributed by atoms with Crippen LogP contribution in [0.3, 0.4) is 0 Å². The summed E-state index contributed by atoms with van der Waals surface area (Å²) < 4.78 is 7.07. The van der Waals surface area contributed by atoms with Crippen molar-refractivity contribution in [3.05, 3.63) is 75.1 Å². The molecule has 4 aromatic rings. The van der Waals surface area contributed by atoms with E-state index >= 15 is 0 Å². The molecule has 0 aliphatic heterocycles. The number of rotatable bonds is 7. The van der Waals surface area contributed by atoms with Crippen LogP contribution in [0, 0.1) is 0 Å². The summed E-state index contributed by atoms with van der Waals surface area (Å²) in [6.45, 7) is 3.22. The number of hydrogen-bond donors (Lipinski definition) is 2. The topological polar surface area (TPSA) is 95.1 Å². The lowest BCUT2D eigenvalue weighted by atomic mass is 10.1. The molecule has 0 radical (unpaired) electrons. The van der Waals surface area contributed by atoms with Crippen LogP contribution >= 0.6 is 23.2 Å². The standard InChI is InChI=1S/C23H21Cl2N5O2/c1-2-30-21-14(12-17(22(30)31)20-18(24)4-3-5-19(20)25)13-27-23(29-21)28-15-6-8-16(9-7-15)32-11-10-26/h3-9,12-13H,2,10-11,26H2,1H3,(H,27,28,29). The SMILES string of the molecule is CCn1c(=O)c(-c2c(Cl)cccc2Cl)cc2cnc(Nc3ccc(OCCN)cc3)nc21. The highest BCUT2D eigenvalue weighted by molar-refractivity contribution is 6.39. The number of halogens is 2. The number of anilines is 2. The smallest absolute Gasteiger partial charge is 0.260 e. The first-order valence-electron chi connectivity index (χ1n) is 10.1. The number of nitrogens with two attached hydrogens (primary N) is 1. The summed E-state index contributed by atoms with van der Waals surface area (Å²) in [5, 5.41) is 4.68. The molecule has 0 amide bonds. The van der Waals surface area contributed by atoms with Crippen molar-refractivity contribution in [1.82, 2.24) is 14.5 Å². The highest BCUT2D eigenvalue weighted by Crippen LogP contribution is 2.34. The molecule has 0 unspecified atom stereocenters. The maximum atomic E-state index is 13.3. The number of nitrogens with one attached hydrogen (secondary N) is 1. The lowest BCUT2D eigenvalue weighted by Crippen LogP contribution is -2.22. The third-order valence-corrected chi connectivity index (χ3v) is 5.50. The Balaban J connectivity index is 1.72. The number of aromatic nitrogens is 3. The fourth-order valence-corrected chi connectivity index (χ4v) is 3.99. The van der Waals surface area contributed by atoms with Crippen LogP contribution in [0.1, 0.15) is 6.92 Å². The van der Waals surface area contributed by atoms with E-state index < -0.39 is 0 Å².